The summed E-state index contributed by atoms with van der Waals surface area (Å²) in [4.78, 5) is 8.66. The van der Waals surface area contributed by atoms with Gasteiger partial charge in [-0.1, -0.05) is 62.4 Å². The van der Waals surface area contributed by atoms with Crippen molar-refractivity contribution in [1.82, 2.24) is 10.2 Å². The monoisotopic (exact) mass is 439 g/mol. The van der Waals surface area contributed by atoms with Crippen LogP contribution in [0.3, 0.4) is 0 Å². The average Bonchev–Trinajstić information content (AvgIpc) is 3.27. The first-order valence-electron chi connectivity index (χ1n) is 11.3. The molecule has 2 aliphatic heterocycles. The molecular weight excluding hydrogens is 406 g/mol. The predicted octanol–water partition coefficient (Wildman–Crippen LogP) is 6.08. The summed E-state index contributed by atoms with van der Waals surface area (Å²) in [6.07, 6.45) is 3.82. The zero-order valence-corrected chi connectivity index (χ0v) is 20.0. The molecule has 0 aromatic heterocycles. The van der Waals surface area contributed by atoms with E-state index >= 15 is 0 Å². The van der Waals surface area contributed by atoms with Crippen LogP contribution < -0.4 is 10.2 Å². The molecule has 2 aliphatic rings. The van der Waals surface area contributed by atoms with Crippen LogP contribution in [0.15, 0.2) is 52.3 Å². The normalized spacial score (nSPS) is 17.9. The highest BCUT2D eigenvalue weighted by Crippen LogP contribution is 2.49. The lowest BCUT2D eigenvalue weighted by Gasteiger charge is -2.39. The first-order chi connectivity index (χ1) is 14.6. The van der Waals surface area contributed by atoms with Gasteiger partial charge < -0.3 is 15.1 Å². The van der Waals surface area contributed by atoms with Crippen LogP contribution in [0.25, 0.3) is 0 Å². The molecule has 0 bridgehead atoms. The Labute approximate surface area is 191 Å². The Kier molecular flexibility index (Phi) is 7.01. The number of likely N-dealkylation sites (tertiary alicyclic amines) is 1. The van der Waals surface area contributed by atoms with E-state index in [1.54, 1.807) is 0 Å². The minimum Gasteiger partial charge on any atom is -0.376 e. The fraction of sp³-hybridized carbons (Fsp3) is 0.480. The van der Waals surface area contributed by atoms with Crippen LogP contribution in [-0.2, 0) is 0 Å². The zero-order valence-electron chi connectivity index (χ0n) is 18.4. The van der Waals surface area contributed by atoms with E-state index in [1.807, 2.05) is 11.8 Å². The first-order valence-corrected chi connectivity index (χ1v) is 12.5. The number of hydrogen-bond acceptors (Lipinski definition) is 4. The summed E-state index contributed by atoms with van der Waals surface area (Å²) < 4.78 is 0. The van der Waals surface area contributed by atoms with Gasteiger partial charge in [-0.3, -0.25) is 0 Å². The molecule has 1 saturated heterocycles. The Morgan fingerprint density at radius 1 is 1.07 bits per heavy atom. The molecule has 0 radical (unpaired) electrons. The molecule has 4 rings (SSSR count). The van der Waals surface area contributed by atoms with Gasteiger partial charge in [-0.15, -0.1) is 0 Å². The van der Waals surface area contributed by atoms with E-state index in [-0.39, 0.29) is 0 Å². The fourth-order valence-corrected chi connectivity index (χ4v) is 5.60. The molecule has 0 spiro atoms. The number of nitrogens with one attached hydrogen (secondary N) is 1. The highest BCUT2D eigenvalue weighted by atomic mass is 32.2. The molecule has 30 heavy (non-hydrogen) atoms. The smallest absolute Gasteiger partial charge is 0.106 e. The van der Waals surface area contributed by atoms with Crippen LogP contribution in [0, 0.1) is 5.92 Å². The summed E-state index contributed by atoms with van der Waals surface area (Å²) in [6, 6.07) is 15.9. The molecule has 2 aromatic rings. The van der Waals surface area contributed by atoms with Crippen molar-refractivity contribution in [1.29, 1.82) is 0 Å². The Morgan fingerprint density at radius 2 is 1.80 bits per heavy atom. The van der Waals surface area contributed by atoms with Gasteiger partial charge in [0, 0.05) is 34.5 Å². The number of thiocarbonyl (C=S) groups is 1. The fourth-order valence-electron chi connectivity index (χ4n) is 4.33. The molecule has 160 valence electrons. The summed E-state index contributed by atoms with van der Waals surface area (Å²) in [5, 5.41) is 3.48. The molecule has 2 aromatic carbocycles. The summed E-state index contributed by atoms with van der Waals surface area (Å²) in [5.74, 6) is 0.625. The van der Waals surface area contributed by atoms with Crippen molar-refractivity contribution in [3.05, 3.63) is 48.0 Å². The third kappa shape index (κ3) is 4.68. The quantitative estimate of drug-likeness (QED) is 0.525. The SMILES string of the molecule is CC[C@H](C)CNC(=S)c1ccc2c(c1)N(C(C)CN1CCCC1)c1ccccc1S2. The van der Waals surface area contributed by atoms with Crippen molar-refractivity contribution >= 4 is 40.3 Å². The molecule has 0 aliphatic carbocycles. The Balaban J connectivity index is 1.63. The Bertz CT molecular complexity index is 892. The molecule has 5 heteroatoms. The second kappa shape index (κ2) is 9.71. The largest absolute Gasteiger partial charge is 0.376 e. The number of nitrogens with zero attached hydrogens (tertiary/aromatic N) is 2. The van der Waals surface area contributed by atoms with Crippen LogP contribution in [0.1, 0.15) is 45.6 Å². The van der Waals surface area contributed by atoms with E-state index in [4.69, 9.17) is 12.2 Å². The molecular formula is C25H33N3S2. The van der Waals surface area contributed by atoms with Crippen LogP contribution in [-0.4, -0.2) is 42.1 Å². The van der Waals surface area contributed by atoms with Gasteiger partial charge in [-0.25, -0.2) is 0 Å². The summed E-state index contributed by atoms with van der Waals surface area (Å²) >= 11 is 7.61. The summed E-state index contributed by atoms with van der Waals surface area (Å²) in [7, 11) is 0. The lowest BCUT2D eigenvalue weighted by atomic mass is 10.1. The maximum absolute atomic E-state index is 5.75. The minimum atomic E-state index is 0.404. The van der Waals surface area contributed by atoms with Gasteiger partial charge in [0.05, 0.1) is 11.4 Å². The molecule has 1 unspecified atom stereocenters. The van der Waals surface area contributed by atoms with Crippen LogP contribution >= 0.6 is 24.0 Å². The van der Waals surface area contributed by atoms with Crippen molar-refractivity contribution < 1.29 is 0 Å². The van der Waals surface area contributed by atoms with Gasteiger partial charge in [0.2, 0.25) is 0 Å². The van der Waals surface area contributed by atoms with E-state index in [2.05, 4.69) is 78.4 Å². The second-order valence-corrected chi connectivity index (χ2v) is 10.2. The van der Waals surface area contributed by atoms with Crippen LogP contribution in [0.4, 0.5) is 11.4 Å². The van der Waals surface area contributed by atoms with Crippen molar-refractivity contribution in [2.75, 3.05) is 31.1 Å². The van der Waals surface area contributed by atoms with Gasteiger partial charge in [0.15, 0.2) is 0 Å². The predicted molar refractivity (Wildman–Crippen MR) is 133 cm³/mol. The Hall–Kier alpha value is -1.56. The zero-order chi connectivity index (χ0) is 21.1. The van der Waals surface area contributed by atoms with E-state index in [0.717, 1.165) is 30.1 Å². The number of anilines is 2. The van der Waals surface area contributed by atoms with Gasteiger partial charge in [-0.2, -0.15) is 0 Å². The topological polar surface area (TPSA) is 18.5 Å². The summed E-state index contributed by atoms with van der Waals surface area (Å²) in [5.41, 5.74) is 3.72. The average molecular weight is 440 g/mol. The third-order valence-electron chi connectivity index (χ3n) is 6.30. The van der Waals surface area contributed by atoms with Gasteiger partial charge >= 0.3 is 0 Å². The lowest BCUT2D eigenvalue weighted by Crippen LogP contribution is -2.40. The number of hydrogen-bond donors (Lipinski definition) is 1. The van der Waals surface area contributed by atoms with Crippen molar-refractivity contribution in [2.24, 2.45) is 5.92 Å². The Morgan fingerprint density at radius 3 is 2.57 bits per heavy atom. The van der Waals surface area contributed by atoms with E-state index in [0.29, 0.717) is 12.0 Å². The second-order valence-electron chi connectivity index (χ2n) is 8.70. The maximum atomic E-state index is 5.75. The number of benzene rings is 2. The molecule has 2 atom stereocenters. The highest BCUT2D eigenvalue weighted by Gasteiger charge is 2.29. The molecule has 1 N–H and O–H groups in total. The number of rotatable bonds is 7. The van der Waals surface area contributed by atoms with E-state index in [9.17, 15) is 0 Å². The number of fused-ring (bicyclic) bond motifs is 2. The van der Waals surface area contributed by atoms with Crippen LogP contribution in [0.5, 0.6) is 0 Å². The summed E-state index contributed by atoms with van der Waals surface area (Å²) in [6.45, 7) is 11.3. The van der Waals surface area contributed by atoms with Crippen molar-refractivity contribution in [3.8, 4) is 0 Å². The van der Waals surface area contributed by atoms with Gasteiger partial charge in [-0.05, 0) is 63.0 Å². The third-order valence-corrected chi connectivity index (χ3v) is 7.81. The van der Waals surface area contributed by atoms with Gasteiger partial charge in [0.1, 0.15) is 4.99 Å². The number of para-hydroxylation sites is 1. The molecule has 2 heterocycles. The van der Waals surface area contributed by atoms with Gasteiger partial charge in [0.25, 0.3) is 0 Å². The minimum absolute atomic E-state index is 0.404. The molecule has 0 amide bonds. The molecule has 0 saturated carbocycles. The molecule has 3 nitrogen and oxygen atoms in total. The maximum Gasteiger partial charge on any atom is 0.106 e. The van der Waals surface area contributed by atoms with E-state index < -0.39 is 0 Å². The lowest BCUT2D eigenvalue weighted by molar-refractivity contribution is 0.319. The first kappa shape index (κ1) is 21.7. The van der Waals surface area contributed by atoms with Crippen LogP contribution in [0.2, 0.25) is 0 Å². The highest BCUT2D eigenvalue weighted by molar-refractivity contribution is 7.99. The standard InChI is InChI=1S/C25H33N3S2/c1-4-18(2)16-26-25(29)20-11-12-24-22(15-20)28(19(3)17-27-13-7-8-14-27)21-9-5-6-10-23(21)30-24/h5-6,9-12,15,18-19H,4,7-8,13-14,16-17H2,1-3H3,(H,26,29)/t18-,19?/m0/s1. The molecule has 1 fully saturated rings. The van der Waals surface area contributed by atoms with E-state index in [1.165, 1.54) is 47.1 Å². The van der Waals surface area contributed by atoms with Crippen molar-refractivity contribution in [2.45, 2.75) is 55.9 Å². The van der Waals surface area contributed by atoms with Crippen molar-refractivity contribution in [3.63, 3.8) is 0 Å².